The van der Waals surface area contributed by atoms with Crippen LogP contribution in [0.4, 0.5) is 5.69 Å². The van der Waals surface area contributed by atoms with Crippen LogP contribution >= 0.6 is 0 Å². The summed E-state index contributed by atoms with van der Waals surface area (Å²) >= 11 is 0. The van der Waals surface area contributed by atoms with Crippen molar-refractivity contribution in [2.45, 2.75) is 13.5 Å². The van der Waals surface area contributed by atoms with Crippen LogP contribution in [0.5, 0.6) is 11.5 Å². The average Bonchev–Trinajstić information content (AvgIpc) is 2.64. The van der Waals surface area contributed by atoms with Gasteiger partial charge in [-0.05, 0) is 31.2 Å². The molecule has 0 unspecified atom stereocenters. The molecule has 0 saturated carbocycles. The number of hydrogen-bond acceptors (Lipinski definition) is 7. The van der Waals surface area contributed by atoms with Gasteiger partial charge in [-0.1, -0.05) is 12.1 Å². The molecule has 0 spiro atoms. The number of ether oxygens (including phenoxy) is 3. The minimum absolute atomic E-state index is 0.0226. The summed E-state index contributed by atoms with van der Waals surface area (Å²) in [5, 5.41) is 10.9. The predicted octanol–water partition coefficient (Wildman–Crippen LogP) is 2.93. The number of rotatable bonds is 8. The van der Waals surface area contributed by atoms with Crippen LogP contribution in [0.15, 0.2) is 42.5 Å². The van der Waals surface area contributed by atoms with Gasteiger partial charge >= 0.3 is 11.7 Å². The quantitative estimate of drug-likeness (QED) is 0.309. The molecule has 0 radical (unpaired) electrons. The van der Waals surface area contributed by atoms with Gasteiger partial charge in [0.2, 0.25) is 0 Å². The van der Waals surface area contributed by atoms with Crippen LogP contribution in [0.25, 0.3) is 0 Å². The number of para-hydroxylation sites is 2. The van der Waals surface area contributed by atoms with Gasteiger partial charge in [0, 0.05) is 17.2 Å². The minimum atomic E-state index is -0.710. The van der Waals surface area contributed by atoms with E-state index in [9.17, 15) is 19.7 Å². The van der Waals surface area contributed by atoms with Gasteiger partial charge in [-0.3, -0.25) is 14.9 Å². The summed E-state index contributed by atoms with van der Waals surface area (Å²) in [6.45, 7) is 0.821. The largest absolute Gasteiger partial charge is 0.496 e. The number of nitro benzene ring substituents is 1. The lowest BCUT2D eigenvalue weighted by atomic mass is 10.1. The van der Waals surface area contributed by atoms with E-state index >= 15 is 0 Å². The number of nitrogens with zero attached hydrogens (tertiary/aromatic N) is 1. The van der Waals surface area contributed by atoms with Crippen LogP contribution in [-0.4, -0.2) is 30.4 Å². The molecule has 0 fully saturated rings. The van der Waals surface area contributed by atoms with E-state index in [2.05, 4.69) is 0 Å². The van der Waals surface area contributed by atoms with Crippen LogP contribution in [0.1, 0.15) is 22.8 Å². The van der Waals surface area contributed by atoms with Gasteiger partial charge in [0.05, 0.1) is 12.0 Å². The molecule has 0 aliphatic carbocycles. The van der Waals surface area contributed by atoms with Crippen LogP contribution in [0.2, 0.25) is 0 Å². The minimum Gasteiger partial charge on any atom is -0.496 e. The molecule has 0 aliphatic rings. The SMILES string of the molecule is COc1ccc(C(C)=O)cc1COC(=O)COc1ccccc1[N+](=O)[O-]. The fourth-order valence-corrected chi connectivity index (χ4v) is 2.18. The van der Waals surface area contributed by atoms with Crippen molar-refractivity contribution >= 4 is 17.4 Å². The fourth-order valence-electron chi connectivity index (χ4n) is 2.18. The van der Waals surface area contributed by atoms with Crippen LogP contribution in [-0.2, 0) is 16.1 Å². The lowest BCUT2D eigenvalue weighted by molar-refractivity contribution is -0.385. The number of hydrogen-bond donors (Lipinski definition) is 0. The normalized spacial score (nSPS) is 10.1. The van der Waals surface area contributed by atoms with E-state index in [0.717, 1.165) is 0 Å². The van der Waals surface area contributed by atoms with Gasteiger partial charge in [0.25, 0.3) is 0 Å². The lowest BCUT2D eigenvalue weighted by Gasteiger charge is -2.11. The first kappa shape index (κ1) is 18.9. The monoisotopic (exact) mass is 359 g/mol. The van der Waals surface area contributed by atoms with Crippen molar-refractivity contribution in [2.24, 2.45) is 0 Å². The maximum Gasteiger partial charge on any atom is 0.344 e. The standard InChI is InChI=1S/C18H17NO7/c1-12(20)13-7-8-16(24-2)14(9-13)10-26-18(21)11-25-17-6-4-3-5-15(17)19(22)23/h3-9H,10-11H2,1-2H3. The van der Waals surface area contributed by atoms with Crippen LogP contribution < -0.4 is 9.47 Å². The molecule has 136 valence electrons. The summed E-state index contributed by atoms with van der Waals surface area (Å²) in [4.78, 5) is 33.6. The van der Waals surface area contributed by atoms with E-state index < -0.39 is 17.5 Å². The number of carbonyl (C=O) groups excluding carboxylic acids is 2. The molecule has 0 bridgehead atoms. The van der Waals surface area contributed by atoms with E-state index in [1.807, 2.05) is 0 Å². The first-order chi connectivity index (χ1) is 12.4. The van der Waals surface area contributed by atoms with Gasteiger partial charge < -0.3 is 14.2 Å². The first-order valence-electron chi connectivity index (χ1n) is 7.62. The Labute approximate surface area is 149 Å². The molecule has 0 atom stereocenters. The summed E-state index contributed by atoms with van der Waals surface area (Å²) in [5.41, 5.74) is 0.753. The second-order valence-electron chi connectivity index (χ2n) is 5.26. The Morgan fingerprint density at radius 2 is 1.85 bits per heavy atom. The van der Waals surface area contributed by atoms with Crippen molar-refractivity contribution in [3.63, 3.8) is 0 Å². The van der Waals surface area contributed by atoms with Crippen molar-refractivity contribution in [1.82, 2.24) is 0 Å². The molecule has 8 nitrogen and oxygen atoms in total. The molecule has 2 aromatic carbocycles. The molecule has 0 amide bonds. The van der Waals surface area contributed by atoms with Gasteiger partial charge in [-0.15, -0.1) is 0 Å². The summed E-state index contributed by atoms with van der Waals surface area (Å²) in [6, 6.07) is 10.5. The number of carbonyl (C=O) groups is 2. The van der Waals surface area contributed by atoms with Crippen molar-refractivity contribution in [3.05, 3.63) is 63.7 Å². The topological polar surface area (TPSA) is 105 Å². The van der Waals surface area contributed by atoms with Crippen molar-refractivity contribution in [2.75, 3.05) is 13.7 Å². The lowest BCUT2D eigenvalue weighted by Crippen LogP contribution is -2.15. The van der Waals surface area contributed by atoms with E-state index in [1.165, 1.54) is 32.2 Å². The molecule has 2 rings (SSSR count). The number of methoxy groups -OCH3 is 1. The highest BCUT2D eigenvalue weighted by atomic mass is 16.6. The average molecular weight is 359 g/mol. The Kier molecular flexibility index (Phi) is 6.26. The molecule has 0 heterocycles. The van der Waals surface area contributed by atoms with E-state index in [-0.39, 0.29) is 23.8 Å². The van der Waals surface area contributed by atoms with Crippen LogP contribution in [0, 0.1) is 10.1 Å². The number of Topliss-reactive ketones (excluding diaryl/α,β-unsaturated/α-hetero) is 1. The fraction of sp³-hybridized carbons (Fsp3) is 0.222. The Balaban J connectivity index is 1.98. The second-order valence-corrected chi connectivity index (χ2v) is 5.26. The van der Waals surface area contributed by atoms with Gasteiger partial charge in [0.1, 0.15) is 12.4 Å². The summed E-state index contributed by atoms with van der Waals surface area (Å²) < 4.78 is 15.4. The molecular weight excluding hydrogens is 342 g/mol. The molecule has 0 aliphatic heterocycles. The predicted molar refractivity (Wildman–Crippen MR) is 91.4 cm³/mol. The van der Waals surface area contributed by atoms with E-state index in [0.29, 0.717) is 16.9 Å². The van der Waals surface area contributed by atoms with Gasteiger partial charge in [-0.25, -0.2) is 4.79 Å². The molecule has 0 saturated heterocycles. The first-order valence-corrected chi connectivity index (χ1v) is 7.62. The molecule has 2 aromatic rings. The molecule has 26 heavy (non-hydrogen) atoms. The van der Waals surface area contributed by atoms with Gasteiger partial charge in [0.15, 0.2) is 18.1 Å². The van der Waals surface area contributed by atoms with Crippen molar-refractivity contribution < 1.29 is 28.7 Å². The Bertz CT molecular complexity index is 832. The second kappa shape index (κ2) is 8.61. The smallest absolute Gasteiger partial charge is 0.344 e. The highest BCUT2D eigenvalue weighted by Crippen LogP contribution is 2.26. The highest BCUT2D eigenvalue weighted by Gasteiger charge is 2.16. The third-order valence-corrected chi connectivity index (χ3v) is 3.48. The maximum absolute atomic E-state index is 11.9. The Hall–Kier alpha value is -3.42. The zero-order chi connectivity index (χ0) is 19.1. The van der Waals surface area contributed by atoms with Crippen molar-refractivity contribution in [1.29, 1.82) is 0 Å². The molecule has 0 aromatic heterocycles. The van der Waals surface area contributed by atoms with Crippen molar-refractivity contribution in [3.8, 4) is 11.5 Å². The molecular formula is C18H17NO7. The van der Waals surface area contributed by atoms with E-state index in [1.54, 1.807) is 24.3 Å². The molecule has 0 N–H and O–H groups in total. The maximum atomic E-state index is 11.9. The summed E-state index contributed by atoms with van der Waals surface area (Å²) in [5.74, 6) is -0.383. The molecule has 8 heteroatoms. The zero-order valence-corrected chi connectivity index (χ0v) is 14.3. The summed E-state index contributed by atoms with van der Waals surface area (Å²) in [7, 11) is 1.46. The number of nitro groups is 1. The third-order valence-electron chi connectivity index (χ3n) is 3.48. The van der Waals surface area contributed by atoms with Crippen LogP contribution in [0.3, 0.4) is 0 Å². The number of benzene rings is 2. The Morgan fingerprint density at radius 1 is 1.12 bits per heavy atom. The number of ketones is 1. The van der Waals surface area contributed by atoms with Gasteiger partial charge in [-0.2, -0.15) is 0 Å². The summed E-state index contributed by atoms with van der Waals surface area (Å²) in [6.07, 6.45) is 0. The third kappa shape index (κ3) is 4.79. The number of esters is 1. The Morgan fingerprint density at radius 3 is 2.50 bits per heavy atom. The highest BCUT2D eigenvalue weighted by molar-refractivity contribution is 5.94. The van der Waals surface area contributed by atoms with E-state index in [4.69, 9.17) is 14.2 Å². The zero-order valence-electron chi connectivity index (χ0n) is 14.3.